The van der Waals surface area contributed by atoms with E-state index >= 15 is 0 Å². The molecular formula is C15H11BrN2O4S. The van der Waals surface area contributed by atoms with Gasteiger partial charge >= 0.3 is 6.03 Å². The third-order valence-electron chi connectivity index (χ3n) is 3.36. The fourth-order valence-corrected chi connectivity index (χ4v) is 3.98. The second-order valence-electron chi connectivity index (χ2n) is 4.86. The summed E-state index contributed by atoms with van der Waals surface area (Å²) in [6.45, 7) is 0.113. The predicted molar refractivity (Wildman–Crippen MR) is 86.2 cm³/mol. The predicted octanol–water partition coefficient (Wildman–Crippen LogP) is 2.50. The number of carbonyl (C=O) groups excluding carboxylic acids is 2. The van der Waals surface area contributed by atoms with Crippen molar-refractivity contribution in [3.05, 3.63) is 64.1 Å². The molecule has 2 aromatic carbocycles. The molecule has 0 fully saturated rings. The Morgan fingerprint density at radius 3 is 2.39 bits per heavy atom. The van der Waals surface area contributed by atoms with Crippen LogP contribution < -0.4 is 5.32 Å². The lowest BCUT2D eigenvalue weighted by Gasteiger charge is -2.14. The molecule has 2 aromatic rings. The molecular weight excluding hydrogens is 384 g/mol. The summed E-state index contributed by atoms with van der Waals surface area (Å²) in [5.41, 5.74) is 0.786. The molecule has 3 amide bonds. The van der Waals surface area contributed by atoms with E-state index in [4.69, 9.17) is 0 Å². The quantitative estimate of drug-likeness (QED) is 0.847. The highest BCUT2D eigenvalue weighted by atomic mass is 79.9. The molecule has 23 heavy (non-hydrogen) atoms. The van der Waals surface area contributed by atoms with Crippen LogP contribution in [-0.2, 0) is 16.6 Å². The zero-order valence-corrected chi connectivity index (χ0v) is 14.1. The van der Waals surface area contributed by atoms with E-state index in [0.717, 1.165) is 10.0 Å². The number of nitrogens with one attached hydrogen (secondary N) is 1. The maximum absolute atomic E-state index is 12.3. The van der Waals surface area contributed by atoms with Crippen LogP contribution in [0.2, 0.25) is 0 Å². The van der Waals surface area contributed by atoms with E-state index in [2.05, 4.69) is 21.2 Å². The molecule has 0 bridgehead atoms. The summed E-state index contributed by atoms with van der Waals surface area (Å²) < 4.78 is 25.8. The van der Waals surface area contributed by atoms with Gasteiger partial charge in [0.2, 0.25) is 0 Å². The monoisotopic (exact) mass is 394 g/mol. The van der Waals surface area contributed by atoms with Gasteiger partial charge in [0, 0.05) is 11.0 Å². The van der Waals surface area contributed by atoms with Crippen LogP contribution in [-0.4, -0.2) is 24.7 Å². The number of benzene rings is 2. The number of amides is 3. The summed E-state index contributed by atoms with van der Waals surface area (Å²) in [7, 11) is -4.14. The van der Waals surface area contributed by atoms with Gasteiger partial charge in [-0.2, -0.15) is 0 Å². The molecule has 0 saturated carbocycles. The van der Waals surface area contributed by atoms with E-state index in [1.54, 1.807) is 30.3 Å². The van der Waals surface area contributed by atoms with Crippen molar-refractivity contribution in [2.24, 2.45) is 0 Å². The molecule has 1 heterocycles. The minimum atomic E-state index is -4.14. The summed E-state index contributed by atoms with van der Waals surface area (Å²) in [5.74, 6) is -0.839. The second-order valence-corrected chi connectivity index (χ2v) is 7.53. The minimum absolute atomic E-state index is 0.00583. The Balaban J connectivity index is 1.81. The normalized spacial score (nSPS) is 15.3. The largest absolute Gasteiger partial charge is 0.339 e. The van der Waals surface area contributed by atoms with E-state index in [0.29, 0.717) is 0 Å². The minimum Gasteiger partial charge on any atom is -0.333 e. The Labute approximate surface area is 141 Å². The Bertz CT molecular complexity index is 894. The molecule has 3 rings (SSSR count). The van der Waals surface area contributed by atoms with Crippen LogP contribution in [0.1, 0.15) is 15.9 Å². The van der Waals surface area contributed by atoms with Crippen molar-refractivity contribution >= 4 is 37.9 Å². The molecule has 1 aliphatic heterocycles. The molecule has 8 heteroatoms. The van der Waals surface area contributed by atoms with Gasteiger partial charge in [-0.25, -0.2) is 13.2 Å². The molecule has 0 aliphatic carbocycles. The zero-order valence-electron chi connectivity index (χ0n) is 11.7. The van der Waals surface area contributed by atoms with E-state index in [-0.39, 0.29) is 21.3 Å². The summed E-state index contributed by atoms with van der Waals surface area (Å²) in [4.78, 5) is 24.2. The van der Waals surface area contributed by atoms with Crippen molar-refractivity contribution in [1.82, 2.24) is 9.62 Å². The fourth-order valence-electron chi connectivity index (χ4n) is 2.24. The summed E-state index contributed by atoms with van der Waals surface area (Å²) >= 11 is 3.30. The number of fused-ring (bicyclic) bond motifs is 1. The first kappa shape index (κ1) is 15.7. The average molecular weight is 395 g/mol. The van der Waals surface area contributed by atoms with Crippen LogP contribution >= 0.6 is 15.9 Å². The van der Waals surface area contributed by atoms with Gasteiger partial charge in [0.25, 0.3) is 15.9 Å². The van der Waals surface area contributed by atoms with Gasteiger partial charge in [-0.3, -0.25) is 4.79 Å². The Hall–Kier alpha value is -2.19. The maximum Gasteiger partial charge on any atom is 0.339 e. The van der Waals surface area contributed by atoms with E-state index in [9.17, 15) is 18.0 Å². The number of carbonyl (C=O) groups is 2. The van der Waals surface area contributed by atoms with E-state index in [1.165, 1.54) is 18.2 Å². The smallest absolute Gasteiger partial charge is 0.333 e. The first-order valence-corrected chi connectivity index (χ1v) is 8.85. The van der Waals surface area contributed by atoms with Crippen LogP contribution in [0.5, 0.6) is 0 Å². The molecule has 118 valence electrons. The SMILES string of the molecule is O=C(NCc1ccc(Br)cc1)N1C(=O)c2ccccc2S1(=O)=O. The molecule has 0 spiro atoms. The molecule has 0 radical (unpaired) electrons. The lowest BCUT2D eigenvalue weighted by molar-refractivity contribution is 0.0893. The number of nitrogens with zero attached hydrogens (tertiary/aromatic N) is 1. The molecule has 0 unspecified atom stereocenters. The fraction of sp³-hybridized carbons (Fsp3) is 0.0667. The van der Waals surface area contributed by atoms with Gasteiger partial charge in [0.1, 0.15) is 4.90 Å². The van der Waals surface area contributed by atoms with Gasteiger partial charge in [0.05, 0.1) is 5.56 Å². The van der Waals surface area contributed by atoms with Crippen molar-refractivity contribution in [2.75, 3.05) is 0 Å². The van der Waals surface area contributed by atoms with Crippen LogP contribution in [0.15, 0.2) is 57.9 Å². The van der Waals surface area contributed by atoms with Gasteiger partial charge < -0.3 is 5.32 Å². The van der Waals surface area contributed by atoms with Crippen LogP contribution in [0.4, 0.5) is 4.79 Å². The molecule has 1 aliphatic rings. The molecule has 0 aromatic heterocycles. The summed E-state index contributed by atoms with van der Waals surface area (Å²) in [6, 6.07) is 11.9. The number of rotatable bonds is 2. The van der Waals surface area contributed by atoms with Crippen molar-refractivity contribution in [3.63, 3.8) is 0 Å². The molecule has 0 atom stereocenters. The highest BCUT2D eigenvalue weighted by Gasteiger charge is 2.45. The molecule has 0 saturated heterocycles. The average Bonchev–Trinajstić information content (AvgIpc) is 2.74. The number of hydrogen-bond acceptors (Lipinski definition) is 4. The van der Waals surface area contributed by atoms with Crippen molar-refractivity contribution < 1.29 is 18.0 Å². The lowest BCUT2D eigenvalue weighted by Crippen LogP contribution is -2.43. The Morgan fingerprint density at radius 2 is 1.74 bits per heavy atom. The first-order valence-electron chi connectivity index (χ1n) is 6.62. The maximum atomic E-state index is 12.3. The summed E-state index contributed by atoms with van der Waals surface area (Å²) in [5, 5.41) is 2.45. The van der Waals surface area contributed by atoms with Gasteiger partial charge in [0.15, 0.2) is 0 Å². The van der Waals surface area contributed by atoms with Gasteiger partial charge in [-0.15, -0.1) is 4.31 Å². The number of imide groups is 1. The zero-order chi connectivity index (χ0) is 16.6. The third kappa shape index (κ3) is 2.75. The number of hydrogen-bond donors (Lipinski definition) is 1. The van der Waals surface area contributed by atoms with Crippen LogP contribution in [0.3, 0.4) is 0 Å². The van der Waals surface area contributed by atoms with E-state index in [1.807, 2.05) is 0 Å². The number of urea groups is 1. The molecule has 1 N–H and O–H groups in total. The van der Waals surface area contributed by atoms with Gasteiger partial charge in [-0.1, -0.05) is 40.2 Å². The van der Waals surface area contributed by atoms with E-state index < -0.39 is 22.0 Å². The van der Waals surface area contributed by atoms with Gasteiger partial charge in [-0.05, 0) is 29.8 Å². The third-order valence-corrected chi connectivity index (χ3v) is 5.61. The van der Waals surface area contributed by atoms with Crippen LogP contribution in [0, 0.1) is 0 Å². The second kappa shape index (κ2) is 5.78. The first-order chi connectivity index (χ1) is 10.9. The number of sulfonamides is 1. The topological polar surface area (TPSA) is 83.6 Å². The summed E-state index contributed by atoms with van der Waals surface area (Å²) in [6.07, 6.45) is 0. The lowest BCUT2D eigenvalue weighted by atomic mass is 10.2. The standard InChI is InChI=1S/C15H11BrN2O4S/c16-11-7-5-10(6-8-11)9-17-15(20)18-14(19)12-3-1-2-4-13(12)23(18,21)22/h1-8H,9H2,(H,17,20). The van der Waals surface area contributed by atoms with Crippen molar-refractivity contribution in [1.29, 1.82) is 0 Å². The Morgan fingerprint density at radius 1 is 1.09 bits per heavy atom. The van der Waals surface area contributed by atoms with Crippen molar-refractivity contribution in [2.45, 2.75) is 11.4 Å². The highest BCUT2D eigenvalue weighted by Crippen LogP contribution is 2.29. The van der Waals surface area contributed by atoms with Crippen molar-refractivity contribution in [3.8, 4) is 0 Å². The van der Waals surface area contributed by atoms with Crippen LogP contribution in [0.25, 0.3) is 0 Å². The Kier molecular flexibility index (Phi) is 3.95. The molecule has 6 nitrogen and oxygen atoms in total. The highest BCUT2D eigenvalue weighted by molar-refractivity contribution is 9.10. The number of halogens is 1.